The minimum Gasteiger partial charge on any atom is -0.326 e. The summed E-state index contributed by atoms with van der Waals surface area (Å²) in [4.78, 5) is 37.5. The number of carbonyl (C=O) groups is 3. The van der Waals surface area contributed by atoms with Crippen molar-refractivity contribution in [2.45, 2.75) is 38.6 Å². The van der Waals surface area contributed by atoms with Crippen LogP contribution in [0.3, 0.4) is 0 Å². The van der Waals surface area contributed by atoms with Crippen molar-refractivity contribution in [1.29, 1.82) is 0 Å². The van der Waals surface area contributed by atoms with E-state index in [0.717, 1.165) is 24.8 Å². The third kappa shape index (κ3) is 2.33. The number of aryl methyl sites for hydroxylation is 1. The van der Waals surface area contributed by atoms with E-state index >= 15 is 0 Å². The summed E-state index contributed by atoms with van der Waals surface area (Å²) in [5.74, 6) is -0.830. The molecule has 1 aliphatic carbocycles. The van der Waals surface area contributed by atoms with E-state index in [-0.39, 0.29) is 24.1 Å². The molecule has 1 aromatic carbocycles. The Labute approximate surface area is 123 Å². The maximum absolute atomic E-state index is 12.8. The smallest absolute Gasteiger partial charge is 0.254 e. The zero-order chi connectivity index (χ0) is 15.0. The number of amides is 3. The second-order valence-corrected chi connectivity index (χ2v) is 5.52. The van der Waals surface area contributed by atoms with Crippen LogP contribution in [0.1, 0.15) is 41.3 Å². The van der Waals surface area contributed by atoms with Gasteiger partial charge in [-0.25, -0.2) is 0 Å². The van der Waals surface area contributed by atoms with Crippen LogP contribution in [0.5, 0.6) is 0 Å². The van der Waals surface area contributed by atoms with Gasteiger partial charge in [-0.05, 0) is 43.4 Å². The Balaban J connectivity index is 1.92. The molecule has 5 nitrogen and oxygen atoms in total. The highest BCUT2D eigenvalue weighted by atomic mass is 16.2. The van der Waals surface area contributed by atoms with Crippen LogP contribution in [-0.2, 0) is 22.4 Å². The normalized spacial score (nSPS) is 20.3. The number of hydrogen-bond acceptors (Lipinski definition) is 3. The average molecular weight is 286 g/mol. The highest BCUT2D eigenvalue weighted by Gasteiger charge is 2.38. The molecule has 1 saturated heterocycles. The summed E-state index contributed by atoms with van der Waals surface area (Å²) < 4.78 is 0. The number of nitrogens with one attached hydrogen (secondary N) is 1. The lowest BCUT2D eigenvalue weighted by atomic mass is 10.0. The predicted molar refractivity (Wildman–Crippen MR) is 76.7 cm³/mol. The quantitative estimate of drug-likeness (QED) is 0.845. The van der Waals surface area contributed by atoms with E-state index < -0.39 is 6.04 Å². The largest absolute Gasteiger partial charge is 0.326 e. The summed E-state index contributed by atoms with van der Waals surface area (Å²) in [6, 6.07) is 5.10. The van der Waals surface area contributed by atoms with Crippen molar-refractivity contribution >= 4 is 17.7 Å². The number of fused-ring (bicyclic) bond motifs is 1. The summed E-state index contributed by atoms with van der Waals surface area (Å²) in [5, 5.41) is 2.27. The van der Waals surface area contributed by atoms with Crippen LogP contribution in [-0.4, -0.2) is 35.2 Å². The van der Waals surface area contributed by atoms with Crippen molar-refractivity contribution in [2.24, 2.45) is 0 Å². The van der Waals surface area contributed by atoms with Gasteiger partial charge in [0.15, 0.2) is 0 Å². The first-order valence-electron chi connectivity index (χ1n) is 7.37. The van der Waals surface area contributed by atoms with Gasteiger partial charge in [-0.2, -0.15) is 0 Å². The van der Waals surface area contributed by atoms with Gasteiger partial charge in [-0.1, -0.05) is 12.1 Å². The number of likely N-dealkylation sites (N-methyl/N-ethyl adjacent to an activating group) is 1. The van der Waals surface area contributed by atoms with Gasteiger partial charge < -0.3 is 4.90 Å². The fourth-order valence-electron chi connectivity index (χ4n) is 3.27. The van der Waals surface area contributed by atoms with E-state index in [1.54, 1.807) is 0 Å². The molecule has 2 aliphatic rings. The van der Waals surface area contributed by atoms with Crippen molar-refractivity contribution in [3.8, 4) is 0 Å². The van der Waals surface area contributed by atoms with Crippen LogP contribution >= 0.6 is 0 Å². The van der Waals surface area contributed by atoms with Gasteiger partial charge in [0.05, 0.1) is 6.42 Å². The Kier molecular flexibility index (Phi) is 3.49. The van der Waals surface area contributed by atoms with E-state index in [2.05, 4.69) is 11.4 Å². The van der Waals surface area contributed by atoms with Crippen LogP contribution in [0.2, 0.25) is 0 Å². The molecule has 0 spiro atoms. The number of carbonyl (C=O) groups excluding carboxylic acids is 3. The van der Waals surface area contributed by atoms with E-state index in [4.69, 9.17) is 0 Å². The standard InChI is InChI=1S/C16H18N2O3/c1-2-18(13-9-14(19)17-15(13)20)16(21)12-8-4-6-10-5-3-7-11(10)12/h4,6,8,13H,2-3,5,7,9H2,1H3,(H,17,19,20). The molecular weight excluding hydrogens is 268 g/mol. The van der Waals surface area contributed by atoms with Gasteiger partial charge in [-0.3, -0.25) is 19.7 Å². The Morgan fingerprint density at radius 2 is 2.14 bits per heavy atom. The molecule has 1 atom stereocenters. The molecule has 1 fully saturated rings. The molecule has 1 aromatic rings. The Hall–Kier alpha value is -2.17. The molecule has 0 bridgehead atoms. The Morgan fingerprint density at radius 3 is 2.81 bits per heavy atom. The summed E-state index contributed by atoms with van der Waals surface area (Å²) in [6.45, 7) is 2.24. The molecule has 1 N–H and O–H groups in total. The molecular formula is C16H18N2O3. The summed E-state index contributed by atoms with van der Waals surface area (Å²) in [7, 11) is 0. The first-order chi connectivity index (χ1) is 10.1. The van der Waals surface area contributed by atoms with E-state index in [1.807, 2.05) is 19.1 Å². The van der Waals surface area contributed by atoms with Crippen molar-refractivity contribution in [2.75, 3.05) is 6.54 Å². The number of hydrogen-bond donors (Lipinski definition) is 1. The molecule has 5 heteroatoms. The maximum Gasteiger partial charge on any atom is 0.254 e. The molecule has 1 unspecified atom stereocenters. The lowest BCUT2D eigenvalue weighted by Gasteiger charge is -2.26. The first kappa shape index (κ1) is 13.8. The van der Waals surface area contributed by atoms with Gasteiger partial charge in [0.1, 0.15) is 6.04 Å². The Bertz CT molecular complexity index is 624. The van der Waals surface area contributed by atoms with Crippen LogP contribution in [0.15, 0.2) is 18.2 Å². The monoisotopic (exact) mass is 286 g/mol. The second kappa shape index (κ2) is 5.31. The zero-order valence-corrected chi connectivity index (χ0v) is 12.0. The molecule has 0 radical (unpaired) electrons. The van der Waals surface area contributed by atoms with Gasteiger partial charge in [0.2, 0.25) is 11.8 Å². The van der Waals surface area contributed by atoms with Gasteiger partial charge >= 0.3 is 0 Å². The topological polar surface area (TPSA) is 66.5 Å². The van der Waals surface area contributed by atoms with Crippen LogP contribution in [0.25, 0.3) is 0 Å². The zero-order valence-electron chi connectivity index (χ0n) is 12.0. The number of rotatable bonds is 3. The lowest BCUT2D eigenvalue weighted by molar-refractivity contribution is -0.126. The van der Waals surface area contributed by atoms with Gasteiger partial charge in [0, 0.05) is 12.1 Å². The molecule has 21 heavy (non-hydrogen) atoms. The third-order valence-corrected chi connectivity index (χ3v) is 4.30. The number of imide groups is 1. The number of nitrogens with zero attached hydrogens (tertiary/aromatic N) is 1. The molecule has 3 rings (SSSR count). The Morgan fingerprint density at radius 1 is 1.33 bits per heavy atom. The summed E-state index contributed by atoms with van der Waals surface area (Å²) >= 11 is 0. The molecule has 0 aromatic heterocycles. The molecule has 3 amide bonds. The molecule has 1 aliphatic heterocycles. The summed E-state index contributed by atoms with van der Waals surface area (Å²) in [6.07, 6.45) is 3.04. The highest BCUT2D eigenvalue weighted by Crippen LogP contribution is 2.27. The fraction of sp³-hybridized carbons (Fsp3) is 0.438. The predicted octanol–water partition coefficient (Wildman–Crippen LogP) is 1.05. The van der Waals surface area contributed by atoms with Crippen molar-refractivity contribution in [3.63, 3.8) is 0 Å². The molecule has 110 valence electrons. The fourth-order valence-corrected chi connectivity index (χ4v) is 3.27. The number of benzene rings is 1. The van der Waals surface area contributed by atoms with Gasteiger partial charge in [-0.15, -0.1) is 0 Å². The van der Waals surface area contributed by atoms with Gasteiger partial charge in [0.25, 0.3) is 5.91 Å². The van der Waals surface area contributed by atoms with Crippen LogP contribution in [0, 0.1) is 0 Å². The second-order valence-electron chi connectivity index (χ2n) is 5.52. The molecule has 1 heterocycles. The van der Waals surface area contributed by atoms with Crippen LogP contribution < -0.4 is 5.32 Å². The summed E-state index contributed by atoms with van der Waals surface area (Å²) in [5.41, 5.74) is 3.01. The van der Waals surface area contributed by atoms with Crippen molar-refractivity contribution in [3.05, 3.63) is 34.9 Å². The minimum absolute atomic E-state index is 0.0629. The third-order valence-electron chi connectivity index (χ3n) is 4.30. The van der Waals surface area contributed by atoms with Crippen molar-refractivity contribution in [1.82, 2.24) is 10.2 Å². The lowest BCUT2D eigenvalue weighted by Crippen LogP contribution is -2.44. The van der Waals surface area contributed by atoms with Crippen LogP contribution in [0.4, 0.5) is 0 Å². The van der Waals surface area contributed by atoms with E-state index in [1.165, 1.54) is 10.5 Å². The molecule has 0 saturated carbocycles. The SMILES string of the molecule is CCN(C(=O)c1cccc2c1CCC2)C1CC(=O)NC1=O. The van der Waals surface area contributed by atoms with E-state index in [0.29, 0.717) is 12.1 Å². The minimum atomic E-state index is -0.674. The van der Waals surface area contributed by atoms with Crippen molar-refractivity contribution < 1.29 is 14.4 Å². The highest BCUT2D eigenvalue weighted by molar-refractivity contribution is 6.08. The maximum atomic E-state index is 12.8. The first-order valence-corrected chi connectivity index (χ1v) is 7.37. The average Bonchev–Trinajstić information content (AvgIpc) is 3.06. The van der Waals surface area contributed by atoms with E-state index in [9.17, 15) is 14.4 Å².